The summed E-state index contributed by atoms with van der Waals surface area (Å²) in [6, 6.07) is 2.48. The standard InChI is InChI=1S/C9H15NS/c1-2-7-11-9(8-10)5-3-4-6-9/h2-7H2,1H3. The fourth-order valence-corrected chi connectivity index (χ4v) is 2.77. The van der Waals surface area contributed by atoms with Crippen molar-refractivity contribution in [2.75, 3.05) is 5.75 Å². The molecule has 0 aromatic rings. The van der Waals surface area contributed by atoms with E-state index in [4.69, 9.17) is 5.26 Å². The number of thioether (sulfide) groups is 1. The Balaban J connectivity index is 2.41. The SMILES string of the molecule is CCCSC1(C#N)CCCC1. The van der Waals surface area contributed by atoms with E-state index >= 15 is 0 Å². The monoisotopic (exact) mass is 169 g/mol. The van der Waals surface area contributed by atoms with Gasteiger partial charge < -0.3 is 0 Å². The Hall–Kier alpha value is -0.160. The summed E-state index contributed by atoms with van der Waals surface area (Å²) in [7, 11) is 0. The maximum atomic E-state index is 8.97. The van der Waals surface area contributed by atoms with E-state index in [0.29, 0.717) is 0 Å². The van der Waals surface area contributed by atoms with Crippen LogP contribution in [0.15, 0.2) is 0 Å². The first-order valence-electron chi connectivity index (χ1n) is 4.38. The highest BCUT2D eigenvalue weighted by molar-refractivity contribution is 8.00. The maximum Gasteiger partial charge on any atom is 0.102 e. The Morgan fingerprint density at radius 1 is 1.45 bits per heavy atom. The molecule has 1 aliphatic rings. The molecule has 0 N–H and O–H groups in total. The summed E-state index contributed by atoms with van der Waals surface area (Å²) >= 11 is 1.87. The molecule has 0 aromatic heterocycles. The average molecular weight is 169 g/mol. The van der Waals surface area contributed by atoms with Crippen molar-refractivity contribution in [3.63, 3.8) is 0 Å². The molecule has 0 spiro atoms. The van der Waals surface area contributed by atoms with Crippen molar-refractivity contribution >= 4 is 11.8 Å². The summed E-state index contributed by atoms with van der Waals surface area (Å²) < 4.78 is 0.00993. The molecule has 0 amide bonds. The minimum absolute atomic E-state index is 0.00993. The van der Waals surface area contributed by atoms with E-state index in [2.05, 4.69) is 13.0 Å². The first-order chi connectivity index (χ1) is 5.33. The highest BCUT2D eigenvalue weighted by Gasteiger charge is 2.33. The van der Waals surface area contributed by atoms with Crippen molar-refractivity contribution in [1.82, 2.24) is 0 Å². The number of nitrogens with zero attached hydrogens (tertiary/aromatic N) is 1. The molecule has 0 radical (unpaired) electrons. The average Bonchev–Trinajstić information content (AvgIpc) is 2.50. The number of rotatable bonds is 3. The van der Waals surface area contributed by atoms with Crippen LogP contribution in [0.4, 0.5) is 0 Å². The third-order valence-corrected chi connectivity index (χ3v) is 3.86. The van der Waals surface area contributed by atoms with Gasteiger partial charge in [0.15, 0.2) is 0 Å². The highest BCUT2D eigenvalue weighted by atomic mass is 32.2. The molecule has 0 aromatic carbocycles. The van der Waals surface area contributed by atoms with Gasteiger partial charge in [-0.2, -0.15) is 5.26 Å². The van der Waals surface area contributed by atoms with E-state index in [1.807, 2.05) is 11.8 Å². The van der Waals surface area contributed by atoms with Gasteiger partial charge in [0.05, 0.1) is 6.07 Å². The third kappa shape index (κ3) is 2.13. The zero-order chi connectivity index (χ0) is 8.16. The Morgan fingerprint density at radius 2 is 2.09 bits per heavy atom. The van der Waals surface area contributed by atoms with E-state index in [9.17, 15) is 0 Å². The van der Waals surface area contributed by atoms with Crippen molar-refractivity contribution in [3.05, 3.63) is 0 Å². The van der Waals surface area contributed by atoms with Gasteiger partial charge in [-0.15, -0.1) is 11.8 Å². The molecule has 0 aliphatic heterocycles. The van der Waals surface area contributed by atoms with E-state index in [1.165, 1.54) is 19.3 Å². The largest absolute Gasteiger partial charge is 0.197 e. The van der Waals surface area contributed by atoms with Gasteiger partial charge >= 0.3 is 0 Å². The van der Waals surface area contributed by atoms with Crippen molar-refractivity contribution in [2.24, 2.45) is 0 Å². The fraction of sp³-hybridized carbons (Fsp3) is 0.889. The van der Waals surface area contributed by atoms with Crippen molar-refractivity contribution in [1.29, 1.82) is 5.26 Å². The summed E-state index contributed by atoms with van der Waals surface area (Å²) in [4.78, 5) is 0. The predicted molar refractivity (Wildman–Crippen MR) is 49.6 cm³/mol. The van der Waals surface area contributed by atoms with E-state index < -0.39 is 0 Å². The molecule has 62 valence electrons. The van der Waals surface area contributed by atoms with Gasteiger partial charge in [0.25, 0.3) is 0 Å². The first-order valence-corrected chi connectivity index (χ1v) is 5.37. The highest BCUT2D eigenvalue weighted by Crippen LogP contribution is 2.40. The van der Waals surface area contributed by atoms with Crippen molar-refractivity contribution in [2.45, 2.75) is 43.8 Å². The van der Waals surface area contributed by atoms with Crippen LogP contribution >= 0.6 is 11.8 Å². The maximum absolute atomic E-state index is 8.97. The Morgan fingerprint density at radius 3 is 2.55 bits per heavy atom. The van der Waals surface area contributed by atoms with Crippen LogP contribution in [0.3, 0.4) is 0 Å². The van der Waals surface area contributed by atoms with Crippen LogP contribution in [0.25, 0.3) is 0 Å². The molecule has 0 unspecified atom stereocenters. The van der Waals surface area contributed by atoms with Crippen LogP contribution in [0.1, 0.15) is 39.0 Å². The molecule has 0 bridgehead atoms. The molecule has 1 saturated carbocycles. The smallest absolute Gasteiger partial charge is 0.102 e. The van der Waals surface area contributed by atoms with E-state index in [0.717, 1.165) is 18.6 Å². The summed E-state index contributed by atoms with van der Waals surface area (Å²) in [5.41, 5.74) is 0. The van der Waals surface area contributed by atoms with E-state index in [-0.39, 0.29) is 4.75 Å². The topological polar surface area (TPSA) is 23.8 Å². The second-order valence-electron chi connectivity index (χ2n) is 3.16. The molecule has 1 aliphatic carbocycles. The minimum Gasteiger partial charge on any atom is -0.197 e. The van der Waals surface area contributed by atoms with Crippen LogP contribution in [0, 0.1) is 11.3 Å². The molecule has 1 fully saturated rings. The van der Waals surface area contributed by atoms with Gasteiger partial charge in [-0.05, 0) is 25.0 Å². The van der Waals surface area contributed by atoms with Crippen molar-refractivity contribution in [3.8, 4) is 6.07 Å². The molecule has 11 heavy (non-hydrogen) atoms. The predicted octanol–water partition coefficient (Wildman–Crippen LogP) is 2.97. The lowest BCUT2D eigenvalue weighted by molar-refractivity contribution is 0.758. The van der Waals surface area contributed by atoms with Gasteiger partial charge in [0, 0.05) is 0 Å². The molecule has 2 heteroatoms. The summed E-state index contributed by atoms with van der Waals surface area (Å²) in [6.07, 6.45) is 5.94. The van der Waals surface area contributed by atoms with E-state index in [1.54, 1.807) is 0 Å². The minimum atomic E-state index is 0.00993. The van der Waals surface area contributed by atoms with Crippen LogP contribution in [-0.4, -0.2) is 10.5 Å². The molecule has 0 heterocycles. The molecule has 1 nitrogen and oxygen atoms in total. The lowest BCUT2D eigenvalue weighted by Crippen LogP contribution is -2.17. The normalized spacial score (nSPS) is 21.5. The fourth-order valence-electron chi connectivity index (χ4n) is 1.53. The third-order valence-electron chi connectivity index (χ3n) is 2.20. The van der Waals surface area contributed by atoms with Crippen molar-refractivity contribution < 1.29 is 0 Å². The van der Waals surface area contributed by atoms with Gasteiger partial charge in [-0.25, -0.2) is 0 Å². The van der Waals surface area contributed by atoms with Crippen LogP contribution < -0.4 is 0 Å². The zero-order valence-electron chi connectivity index (χ0n) is 7.10. The summed E-state index contributed by atoms with van der Waals surface area (Å²) in [5, 5.41) is 8.97. The first kappa shape index (κ1) is 8.93. The molecule has 0 atom stereocenters. The Labute approximate surface area is 73.2 Å². The Kier molecular flexibility index (Phi) is 3.26. The lowest BCUT2D eigenvalue weighted by atomic mass is 10.1. The zero-order valence-corrected chi connectivity index (χ0v) is 7.91. The van der Waals surface area contributed by atoms with Gasteiger partial charge in [-0.1, -0.05) is 19.8 Å². The number of hydrogen-bond donors (Lipinski definition) is 0. The molecular formula is C9H15NS. The Bertz CT molecular complexity index is 153. The molecule has 1 rings (SSSR count). The summed E-state index contributed by atoms with van der Waals surface area (Å²) in [6.45, 7) is 2.17. The lowest BCUT2D eigenvalue weighted by Gasteiger charge is -2.18. The summed E-state index contributed by atoms with van der Waals surface area (Å²) in [5.74, 6) is 1.15. The number of hydrogen-bond acceptors (Lipinski definition) is 2. The van der Waals surface area contributed by atoms with Crippen LogP contribution in [0.2, 0.25) is 0 Å². The molecule has 0 saturated heterocycles. The molecular weight excluding hydrogens is 154 g/mol. The van der Waals surface area contributed by atoms with Crippen LogP contribution in [0.5, 0.6) is 0 Å². The van der Waals surface area contributed by atoms with Gasteiger partial charge in [0.2, 0.25) is 0 Å². The van der Waals surface area contributed by atoms with Gasteiger partial charge in [-0.3, -0.25) is 0 Å². The number of nitriles is 1. The second-order valence-corrected chi connectivity index (χ2v) is 4.64. The van der Waals surface area contributed by atoms with Crippen LogP contribution in [-0.2, 0) is 0 Å². The second kappa shape index (κ2) is 4.01. The van der Waals surface area contributed by atoms with Gasteiger partial charge in [0.1, 0.15) is 4.75 Å². The quantitative estimate of drug-likeness (QED) is 0.648.